The molecule has 0 nitrogen and oxygen atoms in total. The molecular formula is C53H34S2. The van der Waals surface area contributed by atoms with Crippen molar-refractivity contribution in [3.63, 3.8) is 0 Å². The van der Waals surface area contributed by atoms with E-state index in [1.54, 1.807) is 0 Å². The third-order valence-corrected chi connectivity index (χ3v) is 13.8. The predicted molar refractivity (Wildman–Crippen MR) is 246 cm³/mol. The molecule has 2 aromatic heterocycles. The Morgan fingerprint density at radius 2 is 1.02 bits per heavy atom. The van der Waals surface area contributed by atoms with E-state index in [4.69, 9.17) is 0 Å². The maximum Gasteiger partial charge on any atom is 0.0441 e. The molecule has 0 radical (unpaired) electrons. The Balaban J connectivity index is 1.30. The van der Waals surface area contributed by atoms with Gasteiger partial charge in [-0.05, 0) is 83.9 Å². The molecule has 0 fully saturated rings. The first-order chi connectivity index (χ1) is 27.2. The van der Waals surface area contributed by atoms with E-state index in [1.807, 2.05) is 28.7 Å². The quantitative estimate of drug-likeness (QED) is 0.154. The van der Waals surface area contributed by atoms with E-state index >= 15 is 0 Å². The van der Waals surface area contributed by atoms with Crippen molar-refractivity contribution in [1.29, 1.82) is 0 Å². The topological polar surface area (TPSA) is 0 Å². The van der Waals surface area contributed by atoms with Crippen molar-refractivity contribution in [2.45, 2.75) is 6.92 Å². The lowest BCUT2D eigenvalue weighted by Gasteiger charge is -2.20. The summed E-state index contributed by atoms with van der Waals surface area (Å²) < 4.78 is 3.96. The molecule has 0 unspecified atom stereocenters. The maximum atomic E-state index is 4.26. The summed E-state index contributed by atoms with van der Waals surface area (Å²) in [6.45, 7) is 6.37. The van der Waals surface area contributed by atoms with Gasteiger partial charge in [0.05, 0.1) is 0 Å². The molecule has 0 amide bonds. The summed E-state index contributed by atoms with van der Waals surface area (Å²) in [5.41, 5.74) is 8.88. The van der Waals surface area contributed by atoms with Crippen LogP contribution in [0.4, 0.5) is 0 Å². The van der Waals surface area contributed by atoms with Gasteiger partial charge in [0.2, 0.25) is 0 Å². The number of hydrogen-bond donors (Lipinski definition) is 0. The third kappa shape index (κ3) is 4.75. The molecule has 2 heterocycles. The first-order valence-electron chi connectivity index (χ1n) is 18.8. The van der Waals surface area contributed by atoms with Crippen LogP contribution in [-0.2, 0) is 0 Å². The zero-order valence-electron chi connectivity index (χ0n) is 30.3. The van der Waals surface area contributed by atoms with E-state index in [2.05, 4.69) is 183 Å². The Kier molecular flexibility index (Phi) is 7.38. The van der Waals surface area contributed by atoms with Crippen molar-refractivity contribution in [3.05, 3.63) is 181 Å². The molecule has 0 saturated heterocycles. The Bertz CT molecular complexity index is 3330. The van der Waals surface area contributed by atoms with Crippen LogP contribution in [0.25, 0.3) is 119 Å². The number of rotatable bonds is 5. The molecule has 0 aliphatic carbocycles. The van der Waals surface area contributed by atoms with E-state index in [0.29, 0.717) is 0 Å². The molecule has 2 heteroatoms. The summed E-state index contributed by atoms with van der Waals surface area (Å²) in [4.78, 5) is 1.21. The fourth-order valence-corrected chi connectivity index (χ4v) is 11.5. The van der Waals surface area contributed by atoms with Crippen molar-refractivity contribution in [3.8, 4) is 33.4 Å². The van der Waals surface area contributed by atoms with E-state index in [9.17, 15) is 0 Å². The number of thiophene rings is 2. The highest BCUT2D eigenvalue weighted by atomic mass is 32.1. The van der Waals surface area contributed by atoms with Crippen molar-refractivity contribution >= 4 is 108 Å². The molecule has 0 N–H and O–H groups in total. The second-order valence-corrected chi connectivity index (χ2v) is 16.4. The average Bonchev–Trinajstić information content (AvgIpc) is 3.81. The van der Waals surface area contributed by atoms with Gasteiger partial charge in [0.15, 0.2) is 0 Å². The highest BCUT2D eigenvalue weighted by Crippen LogP contribution is 2.53. The van der Waals surface area contributed by atoms with E-state index in [-0.39, 0.29) is 0 Å². The van der Waals surface area contributed by atoms with Crippen molar-refractivity contribution in [1.82, 2.24) is 0 Å². The molecule has 0 aliphatic rings. The van der Waals surface area contributed by atoms with Gasteiger partial charge in [-0.15, -0.1) is 22.7 Å². The standard InChI is InChI=1S/C53H34S2/c1-3-16-43-46(4-2)54-47-31-45(53-51(50(43)47)44-28-27-33-19-8-9-20-35(33)52(44)55-53)49-40-25-14-12-23-38(40)48(39-24-13-15-26-41(39)49)42-30-29-34(32-17-6-5-7-18-32)36-21-10-11-22-37(36)42/h3-31H,2H2,1H3/b16-3-. The van der Waals surface area contributed by atoms with Gasteiger partial charge in [0, 0.05) is 46.3 Å². The highest BCUT2D eigenvalue weighted by molar-refractivity contribution is 7.28. The van der Waals surface area contributed by atoms with Crippen LogP contribution < -0.4 is 0 Å². The summed E-state index contributed by atoms with van der Waals surface area (Å²) in [5, 5.41) is 14.2. The molecule has 258 valence electrons. The summed E-state index contributed by atoms with van der Waals surface area (Å²) in [6, 6.07) is 58.5. The molecular weight excluding hydrogens is 701 g/mol. The summed E-state index contributed by atoms with van der Waals surface area (Å²) in [7, 11) is 0. The van der Waals surface area contributed by atoms with Gasteiger partial charge in [-0.25, -0.2) is 0 Å². The normalized spacial score (nSPS) is 12.1. The first-order valence-corrected chi connectivity index (χ1v) is 20.5. The SMILES string of the molecule is C=Cc1sc2cc(-c3c4ccccc4c(-c4ccc(-c5ccccc5)c5ccccc45)c4ccccc34)c3sc4c5ccccc5ccc4c3c2c1/C=C\C. The monoisotopic (exact) mass is 734 g/mol. The lowest BCUT2D eigenvalue weighted by atomic mass is 9.83. The molecule has 11 aromatic rings. The zero-order valence-corrected chi connectivity index (χ0v) is 31.9. The molecule has 9 aromatic carbocycles. The largest absolute Gasteiger partial charge is 0.135 e. The molecule has 0 saturated carbocycles. The van der Waals surface area contributed by atoms with Gasteiger partial charge in [-0.1, -0.05) is 176 Å². The van der Waals surface area contributed by atoms with Gasteiger partial charge in [-0.2, -0.15) is 0 Å². The maximum absolute atomic E-state index is 4.26. The molecule has 55 heavy (non-hydrogen) atoms. The summed E-state index contributed by atoms with van der Waals surface area (Å²) >= 11 is 3.79. The Morgan fingerprint density at radius 3 is 1.67 bits per heavy atom. The second-order valence-electron chi connectivity index (χ2n) is 14.3. The lowest BCUT2D eigenvalue weighted by molar-refractivity contribution is 1.64. The van der Waals surface area contributed by atoms with Gasteiger partial charge in [-0.3, -0.25) is 0 Å². The fraction of sp³-hybridized carbons (Fsp3) is 0.0189. The Morgan fingerprint density at radius 1 is 0.455 bits per heavy atom. The molecule has 0 spiro atoms. The lowest BCUT2D eigenvalue weighted by Crippen LogP contribution is -1.92. The molecule has 11 rings (SSSR count). The van der Waals surface area contributed by atoms with Crippen molar-refractivity contribution in [2.24, 2.45) is 0 Å². The van der Waals surface area contributed by atoms with Gasteiger partial charge >= 0.3 is 0 Å². The Hall–Kier alpha value is -6.32. The van der Waals surface area contributed by atoms with Gasteiger partial charge < -0.3 is 0 Å². The number of fused-ring (bicyclic) bond motifs is 10. The van der Waals surface area contributed by atoms with E-state index < -0.39 is 0 Å². The van der Waals surface area contributed by atoms with Crippen molar-refractivity contribution in [2.75, 3.05) is 0 Å². The zero-order chi connectivity index (χ0) is 36.6. The molecule has 0 atom stereocenters. The minimum absolute atomic E-state index is 1.21. The van der Waals surface area contributed by atoms with E-state index in [0.717, 1.165) is 0 Å². The number of hydrogen-bond acceptors (Lipinski definition) is 2. The first kappa shape index (κ1) is 32.1. The van der Waals surface area contributed by atoms with Crippen molar-refractivity contribution < 1.29 is 0 Å². The smallest absolute Gasteiger partial charge is 0.0441 e. The minimum atomic E-state index is 1.21. The second kappa shape index (κ2) is 12.6. The summed E-state index contributed by atoms with van der Waals surface area (Å²) in [6.07, 6.45) is 6.46. The van der Waals surface area contributed by atoms with Crippen LogP contribution in [-0.4, -0.2) is 0 Å². The van der Waals surface area contributed by atoms with Gasteiger partial charge in [0.1, 0.15) is 0 Å². The fourth-order valence-electron chi connectivity index (χ4n) is 9.06. The summed E-state index contributed by atoms with van der Waals surface area (Å²) in [5.74, 6) is 0. The minimum Gasteiger partial charge on any atom is -0.135 e. The van der Waals surface area contributed by atoms with E-state index in [1.165, 1.54) is 117 Å². The molecule has 0 bridgehead atoms. The number of benzene rings is 9. The predicted octanol–water partition coefficient (Wildman–Crippen LogP) is 16.6. The van der Waals surface area contributed by atoms with Crippen LogP contribution in [0, 0.1) is 0 Å². The van der Waals surface area contributed by atoms with Crippen LogP contribution in [0.5, 0.6) is 0 Å². The van der Waals surface area contributed by atoms with Crippen LogP contribution >= 0.6 is 22.7 Å². The van der Waals surface area contributed by atoms with Crippen LogP contribution in [0.15, 0.2) is 170 Å². The van der Waals surface area contributed by atoms with Crippen LogP contribution in [0.1, 0.15) is 17.4 Å². The highest BCUT2D eigenvalue weighted by Gasteiger charge is 2.24. The molecule has 0 aliphatic heterocycles. The van der Waals surface area contributed by atoms with Gasteiger partial charge in [0.25, 0.3) is 0 Å². The third-order valence-electron chi connectivity index (χ3n) is 11.3. The van der Waals surface area contributed by atoms with Crippen LogP contribution in [0.2, 0.25) is 0 Å². The Labute approximate surface area is 327 Å². The number of allylic oxidation sites excluding steroid dienone is 1. The average molecular weight is 735 g/mol. The van der Waals surface area contributed by atoms with Crippen LogP contribution in [0.3, 0.4) is 0 Å².